The number of aromatic hydroxyl groups is 1. The van der Waals surface area contributed by atoms with E-state index in [2.05, 4.69) is 10.6 Å². The zero-order valence-corrected chi connectivity index (χ0v) is 16.2. The molecule has 0 saturated heterocycles. The topological polar surface area (TPSA) is 165 Å². The average Bonchev–Trinajstić information content (AvgIpc) is 2.65. The minimum absolute atomic E-state index is 0.0347. The van der Waals surface area contributed by atoms with Crippen molar-refractivity contribution in [1.29, 1.82) is 0 Å². The van der Waals surface area contributed by atoms with Crippen LogP contribution in [0, 0.1) is 0 Å². The number of amides is 1. The molecular weight excluding hydrogens is 384 g/mol. The van der Waals surface area contributed by atoms with Crippen molar-refractivity contribution in [2.45, 2.75) is 38.8 Å². The summed E-state index contributed by atoms with van der Waals surface area (Å²) in [5.41, 5.74) is 1.19. The van der Waals surface area contributed by atoms with Crippen molar-refractivity contribution in [3.63, 3.8) is 0 Å². The molecule has 0 fully saturated rings. The van der Waals surface area contributed by atoms with Crippen molar-refractivity contribution in [2.24, 2.45) is 0 Å². The van der Waals surface area contributed by atoms with Gasteiger partial charge in [0.15, 0.2) is 0 Å². The maximum Gasteiger partial charge on any atom is 0.328 e. The summed E-state index contributed by atoms with van der Waals surface area (Å²) in [5, 5.41) is 41.1. The van der Waals surface area contributed by atoms with Crippen LogP contribution < -0.4 is 15.4 Å². The highest BCUT2D eigenvalue weighted by atomic mass is 16.5. The van der Waals surface area contributed by atoms with Gasteiger partial charge in [-0.25, -0.2) is 9.59 Å². The first-order chi connectivity index (χ1) is 13.6. The summed E-state index contributed by atoms with van der Waals surface area (Å²) in [6, 6.07) is 3.45. The van der Waals surface area contributed by atoms with E-state index in [0.29, 0.717) is 49.0 Å². The van der Waals surface area contributed by atoms with Gasteiger partial charge in [-0.05, 0) is 18.6 Å². The zero-order valence-electron chi connectivity index (χ0n) is 16.2. The number of carboxylic acids is 2. The summed E-state index contributed by atoms with van der Waals surface area (Å²) in [6.07, 6.45) is 1.38. The van der Waals surface area contributed by atoms with Crippen LogP contribution in [0.3, 0.4) is 0 Å². The Morgan fingerprint density at radius 1 is 1.21 bits per heavy atom. The number of hydrogen-bond acceptors (Lipinski definition) is 7. The van der Waals surface area contributed by atoms with Gasteiger partial charge in [0.2, 0.25) is 5.91 Å². The Labute approximate surface area is 167 Å². The lowest BCUT2D eigenvalue weighted by Crippen LogP contribution is -2.35. The monoisotopic (exact) mass is 410 g/mol. The molecule has 1 aliphatic rings. The first kappa shape index (κ1) is 23.9. The number of aliphatic hydroxyl groups excluding tert-OH is 1. The van der Waals surface area contributed by atoms with Crippen molar-refractivity contribution >= 4 is 23.5 Å². The molecule has 0 bridgehead atoms. The number of phenolic OH excluding ortho intramolecular Hbond substituents is 1. The fourth-order valence-corrected chi connectivity index (χ4v) is 2.34. The fourth-order valence-electron chi connectivity index (χ4n) is 2.34. The number of anilines is 1. The first-order valence-corrected chi connectivity index (χ1v) is 8.93. The molecule has 10 nitrogen and oxygen atoms in total. The normalized spacial score (nSPS) is 13.9. The number of fused-ring (bicyclic) bond motifs is 1. The number of ether oxygens (including phenoxy) is 1. The summed E-state index contributed by atoms with van der Waals surface area (Å²) in [7, 11) is 0. The maximum absolute atomic E-state index is 11.4. The van der Waals surface area contributed by atoms with Gasteiger partial charge in [-0.1, -0.05) is 13.8 Å². The number of aliphatic carboxylic acids is 2. The van der Waals surface area contributed by atoms with Gasteiger partial charge in [0, 0.05) is 36.7 Å². The predicted molar refractivity (Wildman–Crippen MR) is 104 cm³/mol. The van der Waals surface area contributed by atoms with E-state index in [1.165, 1.54) is 6.07 Å². The highest BCUT2D eigenvalue weighted by Crippen LogP contribution is 2.37. The molecule has 0 radical (unpaired) electrons. The van der Waals surface area contributed by atoms with Crippen molar-refractivity contribution < 1.29 is 39.5 Å². The van der Waals surface area contributed by atoms with Crippen LogP contribution in [0.25, 0.3) is 0 Å². The third-order valence-electron chi connectivity index (χ3n) is 3.68. The van der Waals surface area contributed by atoms with E-state index < -0.39 is 18.0 Å². The summed E-state index contributed by atoms with van der Waals surface area (Å²) < 4.78 is 5.64. The SMILES string of the molecule is CC(C)NCC(O)COc1ccc(O)c2c1CCC(=O)N2.O=C(O)/C=C\C(=O)O. The summed E-state index contributed by atoms with van der Waals surface area (Å²) in [5.74, 6) is -2.00. The molecule has 1 amide bonds. The Morgan fingerprint density at radius 3 is 2.38 bits per heavy atom. The molecule has 2 rings (SSSR count). The molecule has 0 saturated carbocycles. The average molecular weight is 410 g/mol. The Bertz CT molecular complexity index is 745. The van der Waals surface area contributed by atoms with Crippen LogP contribution in [0.5, 0.6) is 11.5 Å². The van der Waals surface area contributed by atoms with Crippen LogP contribution in [0.1, 0.15) is 25.8 Å². The number of carbonyl (C=O) groups is 3. The number of hydrogen-bond donors (Lipinski definition) is 6. The number of rotatable bonds is 8. The van der Waals surface area contributed by atoms with Crippen molar-refractivity contribution in [3.8, 4) is 11.5 Å². The van der Waals surface area contributed by atoms with Gasteiger partial charge in [-0.15, -0.1) is 0 Å². The molecule has 160 valence electrons. The van der Waals surface area contributed by atoms with Crippen molar-refractivity contribution in [2.75, 3.05) is 18.5 Å². The summed E-state index contributed by atoms with van der Waals surface area (Å²) in [4.78, 5) is 30.5. The van der Waals surface area contributed by atoms with Crippen LogP contribution in [0.4, 0.5) is 5.69 Å². The molecule has 29 heavy (non-hydrogen) atoms. The number of benzene rings is 1. The highest BCUT2D eigenvalue weighted by Gasteiger charge is 2.22. The van der Waals surface area contributed by atoms with E-state index in [4.69, 9.17) is 14.9 Å². The standard InChI is InChI=1S/C15H22N2O4.C4H4O4/c1-9(2)16-7-10(18)8-21-13-5-4-12(19)15-11(13)3-6-14(20)17-15;5-3(6)1-2-4(7)8/h4-5,9-10,16,18-19H,3,6-8H2,1-2H3,(H,17,20);1-2H,(H,5,6)(H,7,8)/b;2-1-. The Morgan fingerprint density at radius 2 is 1.83 bits per heavy atom. The molecule has 6 N–H and O–H groups in total. The van der Waals surface area contributed by atoms with Gasteiger partial charge in [0.1, 0.15) is 24.2 Å². The van der Waals surface area contributed by atoms with Crippen LogP contribution in [0.15, 0.2) is 24.3 Å². The predicted octanol–water partition coefficient (Wildman–Crippen LogP) is 0.726. The Kier molecular flexibility index (Phi) is 9.63. The van der Waals surface area contributed by atoms with E-state index in [9.17, 15) is 24.6 Å². The molecule has 1 aromatic rings. The highest BCUT2D eigenvalue weighted by molar-refractivity contribution is 5.96. The molecule has 0 spiro atoms. The van der Waals surface area contributed by atoms with Crippen LogP contribution in [-0.4, -0.2) is 63.6 Å². The molecule has 1 unspecified atom stereocenters. The van der Waals surface area contributed by atoms with Gasteiger partial charge in [-0.2, -0.15) is 0 Å². The quantitative estimate of drug-likeness (QED) is 0.267. The molecular formula is C19H26N2O8. The van der Waals surface area contributed by atoms with E-state index >= 15 is 0 Å². The molecule has 0 aromatic heterocycles. The van der Waals surface area contributed by atoms with Gasteiger partial charge in [0.05, 0.1) is 5.69 Å². The molecule has 10 heteroatoms. The lowest BCUT2D eigenvalue weighted by Gasteiger charge is -2.22. The maximum atomic E-state index is 11.4. The van der Waals surface area contributed by atoms with Crippen LogP contribution >= 0.6 is 0 Å². The van der Waals surface area contributed by atoms with Gasteiger partial charge < -0.3 is 35.8 Å². The third-order valence-corrected chi connectivity index (χ3v) is 3.68. The van der Waals surface area contributed by atoms with E-state index in [1.807, 2.05) is 13.8 Å². The number of phenols is 1. The lowest BCUT2D eigenvalue weighted by atomic mass is 10.0. The second-order valence-electron chi connectivity index (χ2n) is 6.52. The number of nitrogens with one attached hydrogen (secondary N) is 2. The molecule has 1 aliphatic heterocycles. The Balaban J connectivity index is 0.000000447. The minimum atomic E-state index is -1.26. The number of aliphatic hydroxyl groups is 1. The molecule has 1 heterocycles. The van der Waals surface area contributed by atoms with Crippen molar-refractivity contribution in [3.05, 3.63) is 29.8 Å². The molecule has 1 atom stereocenters. The van der Waals surface area contributed by atoms with Crippen LogP contribution in [0.2, 0.25) is 0 Å². The number of carboxylic acid groups (broad SMARTS) is 2. The summed E-state index contributed by atoms with van der Waals surface area (Å²) in [6.45, 7) is 4.62. The minimum Gasteiger partial charge on any atom is -0.506 e. The smallest absolute Gasteiger partial charge is 0.328 e. The third kappa shape index (κ3) is 9.08. The first-order valence-electron chi connectivity index (χ1n) is 8.93. The second kappa shape index (κ2) is 11.7. The van der Waals surface area contributed by atoms with E-state index in [1.54, 1.807) is 6.07 Å². The van der Waals surface area contributed by atoms with Gasteiger partial charge in [0.25, 0.3) is 0 Å². The van der Waals surface area contributed by atoms with Crippen molar-refractivity contribution in [1.82, 2.24) is 5.32 Å². The lowest BCUT2D eigenvalue weighted by molar-refractivity contribution is -0.134. The van der Waals surface area contributed by atoms with Gasteiger partial charge in [-0.3, -0.25) is 4.79 Å². The largest absolute Gasteiger partial charge is 0.506 e. The van der Waals surface area contributed by atoms with E-state index in [-0.39, 0.29) is 18.3 Å². The van der Waals surface area contributed by atoms with Crippen LogP contribution in [-0.2, 0) is 20.8 Å². The zero-order chi connectivity index (χ0) is 22.0. The number of carbonyl (C=O) groups excluding carboxylic acids is 1. The molecule has 1 aromatic carbocycles. The second-order valence-corrected chi connectivity index (χ2v) is 6.52. The summed E-state index contributed by atoms with van der Waals surface area (Å²) >= 11 is 0. The molecule has 0 aliphatic carbocycles. The Hall–Kier alpha value is -3.11. The van der Waals surface area contributed by atoms with Gasteiger partial charge >= 0.3 is 11.9 Å². The van der Waals surface area contributed by atoms with E-state index in [0.717, 1.165) is 5.56 Å². The fraction of sp³-hybridized carbons (Fsp3) is 0.421.